The maximum Gasteiger partial charge on any atom is 0.166 e. The number of carbonyl (C=O) groups is 1. The van der Waals surface area contributed by atoms with Gasteiger partial charge in [-0.1, -0.05) is 54.1 Å². The number of Topliss-reactive ketones (excluding diaryl/α,β-unsaturated/α-hetero) is 1. The van der Waals surface area contributed by atoms with E-state index in [1.807, 2.05) is 42.5 Å². The highest BCUT2D eigenvalue weighted by Crippen LogP contribution is 2.47. The fraction of sp³-hybridized carbons (Fsp3) is 0.250. The molecule has 0 unspecified atom stereocenters. The fourth-order valence-corrected chi connectivity index (χ4v) is 4.94. The molecule has 0 fully saturated rings. The van der Waals surface area contributed by atoms with Crippen molar-refractivity contribution in [1.82, 2.24) is 0 Å². The summed E-state index contributed by atoms with van der Waals surface area (Å²) in [7, 11) is 3.26. The molecule has 0 spiro atoms. The van der Waals surface area contributed by atoms with Gasteiger partial charge in [-0.15, -0.1) is 0 Å². The quantitative estimate of drug-likeness (QED) is 0.522. The Kier molecular flexibility index (Phi) is 5.55. The van der Waals surface area contributed by atoms with Crippen LogP contribution < -0.4 is 20.1 Å². The third-order valence-corrected chi connectivity index (χ3v) is 6.60. The molecule has 2 aliphatic rings. The van der Waals surface area contributed by atoms with Gasteiger partial charge in [0.25, 0.3) is 0 Å². The summed E-state index contributed by atoms with van der Waals surface area (Å²) < 4.78 is 11.3. The van der Waals surface area contributed by atoms with Gasteiger partial charge in [-0.25, -0.2) is 0 Å². The van der Waals surface area contributed by atoms with Gasteiger partial charge in [0.1, 0.15) is 0 Å². The Morgan fingerprint density at radius 3 is 2.33 bits per heavy atom. The number of ketones is 1. The maximum absolute atomic E-state index is 13.7. The number of benzene rings is 3. The number of para-hydroxylation sites is 3. The van der Waals surface area contributed by atoms with Crippen LogP contribution in [0.25, 0.3) is 0 Å². The van der Waals surface area contributed by atoms with Gasteiger partial charge >= 0.3 is 0 Å². The molecule has 5 rings (SSSR count). The van der Waals surface area contributed by atoms with Gasteiger partial charge in [0, 0.05) is 23.3 Å². The zero-order chi connectivity index (χ0) is 22.9. The van der Waals surface area contributed by atoms with Crippen molar-refractivity contribution in [3.63, 3.8) is 0 Å². The van der Waals surface area contributed by atoms with Crippen molar-refractivity contribution >= 4 is 17.2 Å². The molecule has 1 heterocycles. The summed E-state index contributed by atoms with van der Waals surface area (Å²) in [6.07, 6.45) is 1.24. The third-order valence-electron chi connectivity index (χ3n) is 6.60. The number of ether oxygens (including phenoxy) is 2. The first-order chi connectivity index (χ1) is 16.1. The first kappa shape index (κ1) is 21.1. The second kappa shape index (κ2) is 8.66. The van der Waals surface area contributed by atoms with Crippen LogP contribution in [0.15, 0.2) is 78.0 Å². The Labute approximate surface area is 194 Å². The van der Waals surface area contributed by atoms with Crippen LogP contribution in [-0.4, -0.2) is 20.0 Å². The molecule has 0 amide bonds. The van der Waals surface area contributed by atoms with E-state index < -0.39 is 0 Å². The largest absolute Gasteiger partial charge is 0.493 e. The van der Waals surface area contributed by atoms with Gasteiger partial charge in [0.15, 0.2) is 17.3 Å². The van der Waals surface area contributed by atoms with Gasteiger partial charge in [-0.05, 0) is 43.0 Å². The molecule has 0 saturated heterocycles. The van der Waals surface area contributed by atoms with E-state index in [2.05, 4.69) is 41.8 Å². The predicted molar refractivity (Wildman–Crippen MR) is 131 cm³/mol. The highest BCUT2D eigenvalue weighted by Gasteiger charge is 2.37. The minimum Gasteiger partial charge on any atom is -0.493 e. The average molecular weight is 441 g/mol. The maximum atomic E-state index is 13.7. The molecule has 1 aliphatic heterocycles. The van der Waals surface area contributed by atoms with Crippen LogP contribution >= 0.6 is 0 Å². The van der Waals surface area contributed by atoms with Crippen molar-refractivity contribution in [1.29, 1.82) is 0 Å². The first-order valence-corrected chi connectivity index (χ1v) is 11.2. The van der Waals surface area contributed by atoms with E-state index in [1.54, 1.807) is 14.2 Å². The molecule has 5 nitrogen and oxygen atoms in total. The normalized spacial score (nSPS) is 19.5. The Bertz CT molecular complexity index is 1230. The zero-order valence-electron chi connectivity index (χ0n) is 19.1. The number of allylic oxidation sites excluding steroid dienone is 1. The molecule has 0 aromatic heterocycles. The number of fused-ring (bicyclic) bond motifs is 1. The number of anilines is 2. The molecule has 0 radical (unpaired) electrons. The molecule has 33 heavy (non-hydrogen) atoms. The van der Waals surface area contributed by atoms with Crippen LogP contribution in [0.1, 0.15) is 41.5 Å². The smallest absolute Gasteiger partial charge is 0.166 e. The van der Waals surface area contributed by atoms with Crippen LogP contribution in [0, 0.1) is 6.92 Å². The number of nitrogens with one attached hydrogen (secondary N) is 2. The van der Waals surface area contributed by atoms with Gasteiger partial charge in [0.2, 0.25) is 0 Å². The summed E-state index contributed by atoms with van der Waals surface area (Å²) in [5.41, 5.74) is 6.93. The van der Waals surface area contributed by atoms with Crippen LogP contribution in [0.5, 0.6) is 11.5 Å². The van der Waals surface area contributed by atoms with E-state index >= 15 is 0 Å². The van der Waals surface area contributed by atoms with Crippen LogP contribution in [0.4, 0.5) is 11.4 Å². The van der Waals surface area contributed by atoms with E-state index in [0.717, 1.165) is 34.6 Å². The van der Waals surface area contributed by atoms with Gasteiger partial charge in [0.05, 0.1) is 31.6 Å². The van der Waals surface area contributed by atoms with Crippen molar-refractivity contribution < 1.29 is 14.3 Å². The number of rotatable bonds is 4. The van der Waals surface area contributed by atoms with E-state index in [1.165, 1.54) is 11.1 Å². The lowest BCUT2D eigenvalue weighted by Gasteiger charge is -2.30. The highest BCUT2D eigenvalue weighted by molar-refractivity contribution is 6.01. The molecule has 3 aromatic rings. The van der Waals surface area contributed by atoms with E-state index in [-0.39, 0.29) is 17.7 Å². The Morgan fingerprint density at radius 2 is 1.61 bits per heavy atom. The summed E-state index contributed by atoms with van der Waals surface area (Å²) in [4.78, 5) is 13.7. The molecular weight excluding hydrogens is 412 g/mol. The summed E-state index contributed by atoms with van der Waals surface area (Å²) in [5, 5.41) is 7.21. The minimum atomic E-state index is -0.354. The number of hydrogen-bond acceptors (Lipinski definition) is 5. The Hall–Kier alpha value is -3.73. The van der Waals surface area contributed by atoms with Gasteiger partial charge < -0.3 is 20.1 Å². The van der Waals surface area contributed by atoms with Gasteiger partial charge in [-0.2, -0.15) is 0 Å². The predicted octanol–water partition coefficient (Wildman–Crippen LogP) is 5.99. The number of hydrogen-bond donors (Lipinski definition) is 2. The van der Waals surface area contributed by atoms with Crippen molar-refractivity contribution in [2.45, 2.75) is 31.7 Å². The van der Waals surface area contributed by atoms with Crippen molar-refractivity contribution in [2.75, 3.05) is 24.9 Å². The topological polar surface area (TPSA) is 59.6 Å². The minimum absolute atomic E-state index is 0.141. The summed E-state index contributed by atoms with van der Waals surface area (Å²) >= 11 is 0. The number of methoxy groups -OCH3 is 2. The van der Waals surface area contributed by atoms with Crippen molar-refractivity contribution in [2.24, 2.45) is 0 Å². The van der Waals surface area contributed by atoms with E-state index in [9.17, 15) is 4.79 Å². The second-order valence-electron chi connectivity index (χ2n) is 8.66. The van der Waals surface area contributed by atoms with E-state index in [4.69, 9.17) is 9.47 Å². The summed E-state index contributed by atoms with van der Waals surface area (Å²) in [6.45, 7) is 2.08. The van der Waals surface area contributed by atoms with Crippen molar-refractivity contribution in [3.8, 4) is 11.5 Å². The molecule has 2 atom stereocenters. The second-order valence-corrected chi connectivity index (χ2v) is 8.66. The summed E-state index contributed by atoms with van der Waals surface area (Å²) in [5.74, 6) is 1.56. The molecule has 0 saturated carbocycles. The zero-order valence-corrected chi connectivity index (χ0v) is 19.1. The third kappa shape index (κ3) is 3.84. The molecule has 1 aliphatic carbocycles. The SMILES string of the molecule is COc1cccc([C@H]2Nc3ccccc3NC3=C2C(=O)C[C@@H](c2ccc(C)cc2)C3)c1OC. The lowest BCUT2D eigenvalue weighted by atomic mass is 9.78. The van der Waals surface area contributed by atoms with Gasteiger partial charge in [-0.3, -0.25) is 4.79 Å². The summed E-state index contributed by atoms with van der Waals surface area (Å²) in [6, 6.07) is 22.0. The lowest BCUT2D eigenvalue weighted by molar-refractivity contribution is -0.116. The average Bonchev–Trinajstić information content (AvgIpc) is 3.00. The Morgan fingerprint density at radius 1 is 0.848 bits per heavy atom. The Balaban J connectivity index is 1.64. The number of carbonyl (C=O) groups excluding carboxylic acids is 1. The van der Waals surface area contributed by atoms with Crippen molar-refractivity contribution in [3.05, 3.63) is 94.7 Å². The molecule has 5 heteroatoms. The molecule has 168 valence electrons. The molecule has 0 bridgehead atoms. The van der Waals surface area contributed by atoms with Crippen LogP contribution in [0.2, 0.25) is 0 Å². The van der Waals surface area contributed by atoms with Crippen LogP contribution in [0.3, 0.4) is 0 Å². The monoisotopic (exact) mass is 440 g/mol. The molecular formula is C28H28N2O3. The highest BCUT2D eigenvalue weighted by atomic mass is 16.5. The first-order valence-electron chi connectivity index (χ1n) is 11.2. The number of aryl methyl sites for hydroxylation is 1. The van der Waals surface area contributed by atoms with E-state index in [0.29, 0.717) is 17.9 Å². The lowest BCUT2D eigenvalue weighted by Crippen LogP contribution is -2.27. The standard InChI is InChI=1S/C28H28N2O3/c1-17-11-13-18(14-12-17)19-15-23-26(24(31)16-19)27(30-22-9-5-4-8-21(22)29-23)20-7-6-10-25(32-2)28(20)33-3/h4-14,19,27,29-30H,15-16H2,1-3H3/t19-,27+/m0/s1. The fourth-order valence-electron chi connectivity index (χ4n) is 4.94. The van der Waals surface area contributed by atoms with Crippen LogP contribution in [-0.2, 0) is 4.79 Å². The molecule has 2 N–H and O–H groups in total. The molecule has 3 aromatic carbocycles.